The van der Waals surface area contributed by atoms with Gasteiger partial charge in [-0.15, -0.1) is 0 Å². The molecule has 130 valence electrons. The Morgan fingerprint density at radius 2 is 1.36 bits per heavy atom. The molecule has 0 unspecified atom stereocenters. The first-order chi connectivity index (χ1) is 10.8. The monoisotopic (exact) mass is 312 g/mol. The molecule has 0 aromatic carbocycles. The second-order valence-corrected chi connectivity index (χ2v) is 5.78. The van der Waals surface area contributed by atoms with Crippen molar-refractivity contribution in [3.05, 3.63) is 12.2 Å². The molecule has 0 aliphatic rings. The number of aliphatic hydroxyl groups is 1. The van der Waals surface area contributed by atoms with Crippen LogP contribution in [0.15, 0.2) is 12.2 Å². The molecule has 0 aromatic rings. The number of rotatable bonds is 15. The van der Waals surface area contributed by atoms with Crippen LogP contribution >= 0.6 is 0 Å². The number of amides is 2. The summed E-state index contributed by atoms with van der Waals surface area (Å²) in [6.45, 7) is 4.02. The topological polar surface area (TPSA) is 61.4 Å². The molecule has 0 saturated carbocycles. The van der Waals surface area contributed by atoms with Gasteiger partial charge in [-0.25, -0.2) is 4.79 Å². The predicted molar refractivity (Wildman–Crippen MR) is 94.1 cm³/mol. The standard InChI is InChI=1S/C18H36N2O2/c1-2-3-12-15-19-18(22)20-16-13-10-8-6-4-5-7-9-11-14-17-21/h4,6,21H,2-3,5,7-17H2,1H3,(H2,19,20,22)/b6-4-. The van der Waals surface area contributed by atoms with Crippen LogP contribution in [0.3, 0.4) is 0 Å². The van der Waals surface area contributed by atoms with Crippen molar-refractivity contribution in [3.8, 4) is 0 Å². The van der Waals surface area contributed by atoms with Crippen molar-refractivity contribution in [3.63, 3.8) is 0 Å². The summed E-state index contributed by atoms with van der Waals surface area (Å²) in [5.41, 5.74) is 0. The molecule has 0 radical (unpaired) electrons. The quantitative estimate of drug-likeness (QED) is 0.314. The summed E-state index contributed by atoms with van der Waals surface area (Å²) in [5.74, 6) is 0. The van der Waals surface area contributed by atoms with Crippen LogP contribution in [-0.4, -0.2) is 30.8 Å². The van der Waals surface area contributed by atoms with Gasteiger partial charge in [-0.2, -0.15) is 0 Å². The van der Waals surface area contributed by atoms with Gasteiger partial charge < -0.3 is 15.7 Å². The normalized spacial score (nSPS) is 11.0. The Kier molecular flexibility index (Phi) is 17.2. The van der Waals surface area contributed by atoms with E-state index in [0.717, 1.165) is 58.0 Å². The fourth-order valence-corrected chi connectivity index (χ4v) is 2.19. The van der Waals surface area contributed by atoms with Gasteiger partial charge in [0.25, 0.3) is 0 Å². The third-order valence-electron chi connectivity index (χ3n) is 3.59. The molecule has 0 fully saturated rings. The lowest BCUT2D eigenvalue weighted by molar-refractivity contribution is 0.240. The summed E-state index contributed by atoms with van der Waals surface area (Å²) in [5, 5.41) is 14.4. The van der Waals surface area contributed by atoms with Crippen molar-refractivity contribution in [1.82, 2.24) is 10.6 Å². The number of carbonyl (C=O) groups excluding carboxylic acids is 1. The van der Waals surface area contributed by atoms with Crippen LogP contribution in [0.2, 0.25) is 0 Å². The molecule has 3 N–H and O–H groups in total. The molecular formula is C18H36N2O2. The zero-order chi connectivity index (χ0) is 16.3. The van der Waals surface area contributed by atoms with E-state index < -0.39 is 0 Å². The third kappa shape index (κ3) is 17.0. The van der Waals surface area contributed by atoms with E-state index in [2.05, 4.69) is 29.7 Å². The van der Waals surface area contributed by atoms with Crippen molar-refractivity contribution < 1.29 is 9.90 Å². The fraction of sp³-hybridized carbons (Fsp3) is 0.833. The first-order valence-electron chi connectivity index (χ1n) is 9.08. The van der Waals surface area contributed by atoms with Gasteiger partial charge in [0.15, 0.2) is 0 Å². The van der Waals surface area contributed by atoms with E-state index in [4.69, 9.17) is 5.11 Å². The van der Waals surface area contributed by atoms with E-state index in [1.807, 2.05) is 0 Å². The van der Waals surface area contributed by atoms with Crippen LogP contribution in [0, 0.1) is 0 Å². The van der Waals surface area contributed by atoms with Crippen LogP contribution in [-0.2, 0) is 0 Å². The summed E-state index contributed by atoms with van der Waals surface area (Å²) in [6, 6.07) is -0.0328. The van der Waals surface area contributed by atoms with Gasteiger partial charge in [0.2, 0.25) is 0 Å². The second-order valence-electron chi connectivity index (χ2n) is 5.78. The molecule has 0 atom stereocenters. The van der Waals surface area contributed by atoms with Crippen LogP contribution in [0.1, 0.15) is 77.6 Å². The zero-order valence-corrected chi connectivity index (χ0v) is 14.4. The molecule has 2 amide bonds. The van der Waals surface area contributed by atoms with Gasteiger partial charge in [0.1, 0.15) is 0 Å². The lowest BCUT2D eigenvalue weighted by Gasteiger charge is -2.06. The molecule has 0 aliphatic carbocycles. The van der Waals surface area contributed by atoms with Gasteiger partial charge >= 0.3 is 6.03 Å². The number of carbonyl (C=O) groups is 1. The molecule has 4 nitrogen and oxygen atoms in total. The minimum Gasteiger partial charge on any atom is -0.396 e. The summed E-state index contributed by atoms with van der Waals surface area (Å²) in [4.78, 5) is 11.4. The van der Waals surface area contributed by atoms with Crippen LogP contribution in [0.5, 0.6) is 0 Å². The highest BCUT2D eigenvalue weighted by atomic mass is 16.2. The Morgan fingerprint density at radius 3 is 1.95 bits per heavy atom. The number of nitrogens with one attached hydrogen (secondary N) is 2. The summed E-state index contributed by atoms with van der Waals surface area (Å²) >= 11 is 0. The van der Waals surface area contributed by atoms with Crippen molar-refractivity contribution in [2.75, 3.05) is 19.7 Å². The Balaban J connectivity index is 3.20. The molecule has 4 heteroatoms. The molecule has 0 rings (SSSR count). The maximum Gasteiger partial charge on any atom is 0.314 e. The van der Waals surface area contributed by atoms with Gasteiger partial charge in [-0.3, -0.25) is 0 Å². The summed E-state index contributed by atoms with van der Waals surface area (Å²) < 4.78 is 0. The molecule has 22 heavy (non-hydrogen) atoms. The van der Waals surface area contributed by atoms with Crippen molar-refractivity contribution in [2.24, 2.45) is 0 Å². The lowest BCUT2D eigenvalue weighted by atomic mass is 10.1. The Hall–Kier alpha value is -1.03. The largest absolute Gasteiger partial charge is 0.396 e. The maximum atomic E-state index is 11.4. The Bertz CT molecular complexity index is 268. The van der Waals surface area contributed by atoms with Crippen molar-refractivity contribution >= 4 is 6.03 Å². The smallest absolute Gasteiger partial charge is 0.314 e. The van der Waals surface area contributed by atoms with Crippen LogP contribution < -0.4 is 10.6 Å². The first-order valence-corrected chi connectivity index (χ1v) is 9.08. The number of hydrogen-bond donors (Lipinski definition) is 3. The van der Waals surface area contributed by atoms with E-state index in [1.54, 1.807) is 0 Å². The van der Waals surface area contributed by atoms with E-state index in [9.17, 15) is 4.79 Å². The third-order valence-corrected chi connectivity index (χ3v) is 3.59. The number of hydrogen-bond acceptors (Lipinski definition) is 2. The molecule has 0 aromatic heterocycles. The van der Waals surface area contributed by atoms with E-state index in [1.165, 1.54) is 25.7 Å². The van der Waals surface area contributed by atoms with Crippen molar-refractivity contribution in [1.29, 1.82) is 0 Å². The molecule has 0 aliphatic heterocycles. The van der Waals surface area contributed by atoms with Gasteiger partial charge in [-0.05, 0) is 44.9 Å². The SMILES string of the molecule is CCCCCNC(=O)NCCCC/C=C\CCCCCCO. The Morgan fingerprint density at radius 1 is 0.818 bits per heavy atom. The fourth-order valence-electron chi connectivity index (χ4n) is 2.19. The average molecular weight is 312 g/mol. The summed E-state index contributed by atoms with van der Waals surface area (Å²) in [7, 11) is 0. The summed E-state index contributed by atoms with van der Waals surface area (Å²) in [6.07, 6.45) is 16.8. The Labute approximate surface area is 136 Å². The average Bonchev–Trinajstić information content (AvgIpc) is 2.52. The number of unbranched alkanes of at least 4 members (excludes halogenated alkanes) is 8. The molecule has 0 spiro atoms. The van der Waals surface area contributed by atoms with Gasteiger partial charge in [-0.1, -0.05) is 44.8 Å². The minimum atomic E-state index is -0.0328. The molecule has 0 saturated heterocycles. The number of urea groups is 1. The van der Waals surface area contributed by atoms with Gasteiger partial charge in [0.05, 0.1) is 0 Å². The van der Waals surface area contributed by atoms with Crippen molar-refractivity contribution in [2.45, 2.75) is 77.6 Å². The number of aliphatic hydroxyl groups excluding tert-OH is 1. The van der Waals surface area contributed by atoms with Gasteiger partial charge in [0, 0.05) is 19.7 Å². The molecule has 0 heterocycles. The highest BCUT2D eigenvalue weighted by Crippen LogP contribution is 2.04. The van der Waals surface area contributed by atoms with E-state index >= 15 is 0 Å². The highest BCUT2D eigenvalue weighted by Gasteiger charge is 1.97. The highest BCUT2D eigenvalue weighted by molar-refractivity contribution is 5.73. The number of allylic oxidation sites excluding steroid dienone is 2. The van der Waals surface area contributed by atoms with Crippen LogP contribution in [0.25, 0.3) is 0 Å². The van der Waals surface area contributed by atoms with Crippen LogP contribution in [0.4, 0.5) is 4.79 Å². The minimum absolute atomic E-state index is 0.0328. The second kappa shape index (κ2) is 18.0. The molecular weight excluding hydrogens is 276 g/mol. The lowest BCUT2D eigenvalue weighted by Crippen LogP contribution is -2.36. The predicted octanol–water partition coefficient (Wildman–Crippen LogP) is 4.15. The first kappa shape index (κ1) is 21.0. The van der Waals surface area contributed by atoms with E-state index in [-0.39, 0.29) is 6.03 Å². The maximum absolute atomic E-state index is 11.4. The van der Waals surface area contributed by atoms with E-state index in [0.29, 0.717) is 6.61 Å². The molecule has 0 bridgehead atoms. The zero-order valence-electron chi connectivity index (χ0n) is 14.4.